The monoisotopic (exact) mass is 293 g/mol. The molecule has 2 aromatic carbocycles. The van der Waals surface area contributed by atoms with Crippen molar-refractivity contribution in [1.82, 2.24) is 0 Å². The Labute approximate surface area is 124 Å². The van der Waals surface area contributed by atoms with Gasteiger partial charge in [-0.2, -0.15) is 0 Å². The highest BCUT2D eigenvalue weighted by Gasteiger charge is 2.06. The Kier molecular flexibility index (Phi) is 4.73. The molecule has 1 nitrogen and oxygen atoms in total. The van der Waals surface area contributed by atoms with Gasteiger partial charge in [-0.15, -0.1) is 11.6 Å². The molecular weight excluding hydrogens is 277 g/mol. The number of hydrogen-bond donors (Lipinski definition) is 0. The van der Waals surface area contributed by atoms with Gasteiger partial charge in [-0.25, -0.2) is 0 Å². The number of halogens is 2. The number of anilines is 1. The topological polar surface area (TPSA) is 3.24 Å². The molecule has 2 rings (SSSR count). The predicted molar refractivity (Wildman–Crippen MR) is 84.3 cm³/mol. The summed E-state index contributed by atoms with van der Waals surface area (Å²) in [6.45, 7) is 2.88. The molecule has 0 fully saturated rings. The third-order valence-electron chi connectivity index (χ3n) is 3.28. The zero-order valence-electron chi connectivity index (χ0n) is 11.2. The molecular formula is C16H17Cl2N. The summed E-state index contributed by atoms with van der Waals surface area (Å²) in [4.78, 5) is 2.19. The molecule has 0 aliphatic rings. The molecule has 0 atom stereocenters. The first kappa shape index (κ1) is 14.2. The molecule has 0 bridgehead atoms. The fraction of sp³-hybridized carbons (Fsp3) is 0.250. The standard InChI is InChI=1S/C16H17Cl2N/c1-12-9-15(8-7-13(12)10-17)19(2)11-14-5-3-4-6-16(14)18/h3-9H,10-11H2,1-2H3. The van der Waals surface area contributed by atoms with Crippen molar-refractivity contribution in [2.45, 2.75) is 19.3 Å². The van der Waals surface area contributed by atoms with Crippen LogP contribution in [0.1, 0.15) is 16.7 Å². The molecule has 100 valence electrons. The molecule has 0 N–H and O–H groups in total. The highest BCUT2D eigenvalue weighted by molar-refractivity contribution is 6.31. The number of aryl methyl sites for hydroxylation is 1. The molecule has 0 amide bonds. The maximum absolute atomic E-state index is 6.19. The van der Waals surface area contributed by atoms with Gasteiger partial charge < -0.3 is 4.90 Å². The van der Waals surface area contributed by atoms with Crippen LogP contribution in [0.2, 0.25) is 5.02 Å². The Hall–Kier alpha value is -1.18. The van der Waals surface area contributed by atoms with Crippen molar-refractivity contribution in [2.75, 3.05) is 11.9 Å². The van der Waals surface area contributed by atoms with Crippen LogP contribution < -0.4 is 4.90 Å². The van der Waals surface area contributed by atoms with Crippen LogP contribution in [-0.4, -0.2) is 7.05 Å². The first-order valence-electron chi connectivity index (χ1n) is 6.22. The SMILES string of the molecule is Cc1cc(N(C)Cc2ccccc2Cl)ccc1CCl. The van der Waals surface area contributed by atoms with E-state index in [4.69, 9.17) is 23.2 Å². The molecule has 0 aliphatic carbocycles. The lowest BCUT2D eigenvalue weighted by Gasteiger charge is -2.21. The van der Waals surface area contributed by atoms with Crippen LogP contribution in [0.15, 0.2) is 42.5 Å². The van der Waals surface area contributed by atoms with Gasteiger partial charge in [0.15, 0.2) is 0 Å². The maximum Gasteiger partial charge on any atom is 0.0476 e. The lowest BCUT2D eigenvalue weighted by atomic mass is 10.1. The third-order valence-corrected chi connectivity index (χ3v) is 3.93. The number of nitrogens with zero attached hydrogens (tertiary/aromatic N) is 1. The van der Waals surface area contributed by atoms with Gasteiger partial charge >= 0.3 is 0 Å². The van der Waals surface area contributed by atoms with Crippen molar-refractivity contribution < 1.29 is 0 Å². The van der Waals surface area contributed by atoms with E-state index in [2.05, 4.69) is 43.1 Å². The Balaban J connectivity index is 2.18. The van der Waals surface area contributed by atoms with E-state index in [-0.39, 0.29) is 0 Å². The first-order valence-corrected chi connectivity index (χ1v) is 7.13. The molecule has 0 saturated carbocycles. The van der Waals surface area contributed by atoms with Gasteiger partial charge in [0, 0.05) is 30.2 Å². The summed E-state index contributed by atoms with van der Waals surface area (Å²) in [5.41, 5.74) is 4.70. The molecule has 0 unspecified atom stereocenters. The van der Waals surface area contributed by atoms with Crippen molar-refractivity contribution in [3.05, 3.63) is 64.2 Å². The van der Waals surface area contributed by atoms with E-state index in [1.807, 2.05) is 18.2 Å². The minimum Gasteiger partial charge on any atom is -0.370 e. The average molecular weight is 294 g/mol. The second-order valence-corrected chi connectivity index (χ2v) is 5.37. The molecule has 3 heteroatoms. The van der Waals surface area contributed by atoms with Gasteiger partial charge in [-0.3, -0.25) is 0 Å². The fourth-order valence-corrected chi connectivity index (χ4v) is 2.54. The van der Waals surface area contributed by atoms with Crippen LogP contribution in [-0.2, 0) is 12.4 Å². The number of hydrogen-bond acceptors (Lipinski definition) is 1. The van der Waals surface area contributed by atoms with Gasteiger partial charge in [0.2, 0.25) is 0 Å². The highest BCUT2D eigenvalue weighted by atomic mass is 35.5. The van der Waals surface area contributed by atoms with Crippen molar-refractivity contribution in [3.8, 4) is 0 Å². The van der Waals surface area contributed by atoms with E-state index in [1.165, 1.54) is 16.8 Å². The molecule has 0 aliphatic heterocycles. The van der Waals surface area contributed by atoms with Gasteiger partial charge in [0.1, 0.15) is 0 Å². The predicted octanol–water partition coefficient (Wildman–Crippen LogP) is 5.02. The summed E-state index contributed by atoms with van der Waals surface area (Å²) in [5, 5.41) is 0.809. The molecule has 2 aromatic rings. The van der Waals surface area contributed by atoms with Crippen LogP contribution in [0.5, 0.6) is 0 Å². The van der Waals surface area contributed by atoms with Crippen LogP contribution >= 0.6 is 23.2 Å². The third kappa shape index (κ3) is 3.43. The largest absolute Gasteiger partial charge is 0.370 e. The Morgan fingerprint density at radius 2 is 1.79 bits per heavy atom. The summed E-state index contributed by atoms with van der Waals surface area (Å²) in [7, 11) is 2.07. The summed E-state index contributed by atoms with van der Waals surface area (Å²) in [6.07, 6.45) is 0. The second kappa shape index (κ2) is 6.31. The lowest BCUT2D eigenvalue weighted by Crippen LogP contribution is -2.16. The van der Waals surface area contributed by atoms with Gasteiger partial charge in [0.25, 0.3) is 0 Å². The van der Waals surface area contributed by atoms with Gasteiger partial charge in [-0.1, -0.05) is 35.9 Å². The Bertz CT molecular complexity index is 566. The van der Waals surface area contributed by atoms with Crippen LogP contribution in [0.25, 0.3) is 0 Å². The zero-order valence-corrected chi connectivity index (χ0v) is 12.7. The van der Waals surface area contributed by atoms with Crippen molar-refractivity contribution in [3.63, 3.8) is 0 Å². The molecule has 0 saturated heterocycles. The maximum atomic E-state index is 6.19. The summed E-state index contributed by atoms with van der Waals surface area (Å²) in [6, 6.07) is 14.3. The molecule has 0 radical (unpaired) electrons. The number of benzene rings is 2. The summed E-state index contributed by atoms with van der Waals surface area (Å²) in [5.74, 6) is 0.556. The lowest BCUT2D eigenvalue weighted by molar-refractivity contribution is 0.921. The van der Waals surface area contributed by atoms with E-state index < -0.39 is 0 Å². The van der Waals surface area contributed by atoms with Crippen molar-refractivity contribution >= 4 is 28.9 Å². The van der Waals surface area contributed by atoms with E-state index >= 15 is 0 Å². The van der Waals surface area contributed by atoms with Crippen LogP contribution in [0, 0.1) is 6.92 Å². The molecule has 0 heterocycles. The molecule has 0 spiro atoms. The smallest absolute Gasteiger partial charge is 0.0476 e. The normalized spacial score (nSPS) is 10.5. The van der Waals surface area contributed by atoms with Crippen molar-refractivity contribution in [1.29, 1.82) is 0 Å². The first-order chi connectivity index (χ1) is 9.11. The van der Waals surface area contributed by atoms with E-state index in [0.29, 0.717) is 5.88 Å². The van der Waals surface area contributed by atoms with E-state index in [1.54, 1.807) is 0 Å². The van der Waals surface area contributed by atoms with E-state index in [0.717, 1.165) is 17.1 Å². The Morgan fingerprint density at radius 3 is 2.42 bits per heavy atom. The fourth-order valence-electron chi connectivity index (χ4n) is 2.04. The van der Waals surface area contributed by atoms with E-state index in [9.17, 15) is 0 Å². The summed E-state index contributed by atoms with van der Waals surface area (Å²) >= 11 is 12.1. The molecule has 0 aromatic heterocycles. The van der Waals surface area contributed by atoms with Crippen LogP contribution in [0.3, 0.4) is 0 Å². The number of rotatable bonds is 4. The zero-order chi connectivity index (χ0) is 13.8. The van der Waals surface area contributed by atoms with Gasteiger partial charge in [0.05, 0.1) is 0 Å². The minimum atomic E-state index is 0.556. The minimum absolute atomic E-state index is 0.556. The van der Waals surface area contributed by atoms with Gasteiger partial charge in [-0.05, 0) is 41.8 Å². The van der Waals surface area contributed by atoms with Crippen LogP contribution in [0.4, 0.5) is 5.69 Å². The highest BCUT2D eigenvalue weighted by Crippen LogP contribution is 2.23. The average Bonchev–Trinajstić information content (AvgIpc) is 2.41. The molecule has 19 heavy (non-hydrogen) atoms. The quantitative estimate of drug-likeness (QED) is 0.715. The van der Waals surface area contributed by atoms with Crippen molar-refractivity contribution in [2.24, 2.45) is 0 Å². The Morgan fingerprint density at radius 1 is 1.05 bits per heavy atom. The summed E-state index contributed by atoms with van der Waals surface area (Å²) < 4.78 is 0. The number of alkyl halides is 1. The second-order valence-electron chi connectivity index (χ2n) is 4.69.